The summed E-state index contributed by atoms with van der Waals surface area (Å²) in [5, 5.41) is 12.4. The molecule has 0 aromatic heterocycles. The zero-order chi connectivity index (χ0) is 20.1. The van der Waals surface area contributed by atoms with Gasteiger partial charge in [0, 0.05) is 28.6 Å². The van der Waals surface area contributed by atoms with E-state index in [4.69, 9.17) is 16.7 Å². The highest BCUT2D eigenvalue weighted by Crippen LogP contribution is 2.28. The molecule has 0 atom stereocenters. The van der Waals surface area contributed by atoms with Crippen molar-refractivity contribution in [2.75, 3.05) is 5.32 Å². The lowest BCUT2D eigenvalue weighted by Gasteiger charge is -2.12. The topological polar surface area (TPSA) is 66.4 Å². The molecule has 0 bridgehead atoms. The molecule has 0 fully saturated rings. The normalized spacial score (nSPS) is 10.8. The number of carbonyl (C=O) groups excluding carboxylic acids is 1. The van der Waals surface area contributed by atoms with Gasteiger partial charge in [0.15, 0.2) is 5.78 Å². The first kappa shape index (κ1) is 19.4. The van der Waals surface area contributed by atoms with Crippen molar-refractivity contribution in [2.24, 2.45) is 0 Å². The van der Waals surface area contributed by atoms with Crippen molar-refractivity contribution in [3.8, 4) is 0 Å². The lowest BCUT2D eigenvalue weighted by Crippen LogP contribution is -2.05. The smallest absolute Gasteiger partial charge is 0.328 e. The minimum atomic E-state index is -1.02. The summed E-state index contributed by atoms with van der Waals surface area (Å²) in [6.07, 6.45) is 2.60. The highest BCUT2D eigenvalue weighted by molar-refractivity contribution is 6.35. The number of nitrogens with one attached hydrogen (secondary N) is 1. The number of carboxylic acids is 1. The van der Waals surface area contributed by atoms with Gasteiger partial charge in [0.25, 0.3) is 0 Å². The number of aliphatic carboxylic acids is 1. The predicted molar refractivity (Wildman–Crippen MR) is 112 cm³/mol. The Morgan fingerprint density at radius 3 is 2.39 bits per heavy atom. The molecule has 3 rings (SSSR count). The van der Waals surface area contributed by atoms with Crippen LogP contribution in [0.4, 0.5) is 11.4 Å². The first-order valence-corrected chi connectivity index (χ1v) is 9.00. The van der Waals surface area contributed by atoms with Crippen molar-refractivity contribution in [3.63, 3.8) is 0 Å². The summed E-state index contributed by atoms with van der Waals surface area (Å²) in [5.74, 6) is -1.14. The molecule has 0 spiro atoms. The van der Waals surface area contributed by atoms with E-state index in [1.165, 1.54) is 6.08 Å². The van der Waals surface area contributed by atoms with Crippen LogP contribution in [-0.4, -0.2) is 16.9 Å². The largest absolute Gasteiger partial charge is 0.478 e. The molecule has 0 aliphatic heterocycles. The Bertz CT molecular complexity index is 1070. The lowest BCUT2D eigenvalue weighted by atomic mass is 9.99. The van der Waals surface area contributed by atoms with Crippen LogP contribution in [0.15, 0.2) is 72.8 Å². The van der Waals surface area contributed by atoms with Gasteiger partial charge >= 0.3 is 5.97 Å². The van der Waals surface area contributed by atoms with E-state index in [2.05, 4.69) is 5.32 Å². The molecule has 0 saturated heterocycles. The van der Waals surface area contributed by atoms with Gasteiger partial charge in [-0.2, -0.15) is 0 Å². The molecule has 2 N–H and O–H groups in total. The standard InChI is InChI=1S/C23H18ClNO3/c1-15-6-2-4-8-18(15)23(28)19-12-11-17(14-20(19)24)25-21-9-5-3-7-16(21)10-13-22(26)27/h2-14,25H,1H3,(H,26,27)/b13-10+. The fraction of sp³-hybridized carbons (Fsp3) is 0.0435. The van der Waals surface area contributed by atoms with Crippen molar-refractivity contribution >= 4 is 40.8 Å². The molecule has 0 saturated carbocycles. The average Bonchev–Trinajstić information content (AvgIpc) is 2.67. The van der Waals surface area contributed by atoms with Crippen LogP contribution < -0.4 is 5.32 Å². The molecule has 140 valence electrons. The molecule has 4 nitrogen and oxygen atoms in total. The fourth-order valence-corrected chi connectivity index (χ4v) is 3.09. The lowest BCUT2D eigenvalue weighted by molar-refractivity contribution is -0.131. The Kier molecular flexibility index (Phi) is 5.92. The SMILES string of the molecule is Cc1ccccc1C(=O)c1ccc(Nc2ccccc2/C=C/C(=O)O)cc1Cl. The summed E-state index contributed by atoms with van der Waals surface area (Å²) in [7, 11) is 0. The Labute approximate surface area is 168 Å². The average molecular weight is 392 g/mol. The number of hydrogen-bond donors (Lipinski definition) is 2. The van der Waals surface area contributed by atoms with E-state index >= 15 is 0 Å². The van der Waals surface area contributed by atoms with Gasteiger partial charge in [-0.15, -0.1) is 0 Å². The third-order valence-electron chi connectivity index (χ3n) is 4.25. The monoisotopic (exact) mass is 391 g/mol. The van der Waals surface area contributed by atoms with E-state index in [0.717, 1.165) is 22.9 Å². The van der Waals surface area contributed by atoms with E-state index in [9.17, 15) is 9.59 Å². The Morgan fingerprint density at radius 2 is 1.68 bits per heavy atom. The van der Waals surface area contributed by atoms with E-state index < -0.39 is 5.97 Å². The fourth-order valence-electron chi connectivity index (χ4n) is 2.82. The van der Waals surface area contributed by atoms with Crippen LogP contribution in [0.5, 0.6) is 0 Å². The molecular weight excluding hydrogens is 374 g/mol. The first-order chi connectivity index (χ1) is 13.5. The van der Waals surface area contributed by atoms with E-state index in [1.54, 1.807) is 30.3 Å². The highest BCUT2D eigenvalue weighted by atomic mass is 35.5. The molecule has 0 radical (unpaired) electrons. The number of para-hydroxylation sites is 1. The van der Waals surface area contributed by atoms with Crippen molar-refractivity contribution < 1.29 is 14.7 Å². The van der Waals surface area contributed by atoms with Crippen molar-refractivity contribution in [2.45, 2.75) is 6.92 Å². The van der Waals surface area contributed by atoms with Crippen LogP contribution in [0.1, 0.15) is 27.0 Å². The van der Waals surface area contributed by atoms with Gasteiger partial charge < -0.3 is 10.4 Å². The van der Waals surface area contributed by atoms with Crippen LogP contribution in [0.3, 0.4) is 0 Å². The predicted octanol–water partition coefficient (Wildman–Crippen LogP) is 5.72. The number of aryl methyl sites for hydroxylation is 1. The third kappa shape index (κ3) is 4.48. The Morgan fingerprint density at radius 1 is 0.964 bits per heavy atom. The summed E-state index contributed by atoms with van der Waals surface area (Å²) in [5.41, 5.74) is 4.09. The van der Waals surface area contributed by atoms with Crippen LogP contribution in [-0.2, 0) is 4.79 Å². The third-order valence-corrected chi connectivity index (χ3v) is 4.56. The van der Waals surface area contributed by atoms with Crippen LogP contribution in [0, 0.1) is 6.92 Å². The van der Waals surface area contributed by atoms with Crippen LogP contribution in [0.2, 0.25) is 5.02 Å². The zero-order valence-corrected chi connectivity index (χ0v) is 15.9. The second-order valence-electron chi connectivity index (χ2n) is 6.22. The van der Waals surface area contributed by atoms with Crippen molar-refractivity contribution in [3.05, 3.63) is 100 Å². The van der Waals surface area contributed by atoms with Crippen LogP contribution in [0.25, 0.3) is 6.08 Å². The summed E-state index contributed by atoms with van der Waals surface area (Å²) in [4.78, 5) is 23.6. The first-order valence-electron chi connectivity index (χ1n) is 8.62. The van der Waals surface area contributed by atoms with E-state index in [1.807, 2.05) is 43.3 Å². The van der Waals surface area contributed by atoms with E-state index in [0.29, 0.717) is 21.8 Å². The van der Waals surface area contributed by atoms with Gasteiger partial charge in [-0.25, -0.2) is 4.79 Å². The number of halogens is 1. The van der Waals surface area contributed by atoms with Gasteiger partial charge in [0.05, 0.1) is 5.02 Å². The molecule has 0 aliphatic carbocycles. The quantitative estimate of drug-likeness (QED) is 0.416. The Hall–Kier alpha value is -3.37. The number of carboxylic acid groups (broad SMARTS) is 1. The van der Waals surface area contributed by atoms with E-state index in [-0.39, 0.29) is 5.78 Å². The summed E-state index contributed by atoms with van der Waals surface area (Å²) in [6, 6.07) is 19.8. The Balaban J connectivity index is 1.87. The maximum Gasteiger partial charge on any atom is 0.328 e. The zero-order valence-electron chi connectivity index (χ0n) is 15.1. The number of carbonyl (C=O) groups is 2. The van der Waals surface area contributed by atoms with Gasteiger partial charge in [-0.05, 0) is 48.4 Å². The second-order valence-corrected chi connectivity index (χ2v) is 6.63. The maximum atomic E-state index is 12.8. The molecule has 28 heavy (non-hydrogen) atoms. The molecule has 0 amide bonds. The maximum absolute atomic E-state index is 12.8. The van der Waals surface area contributed by atoms with Crippen LogP contribution >= 0.6 is 11.6 Å². The minimum absolute atomic E-state index is 0.126. The number of benzene rings is 3. The molecule has 3 aromatic rings. The van der Waals surface area contributed by atoms with Gasteiger partial charge in [-0.3, -0.25) is 4.79 Å². The molecular formula is C23H18ClNO3. The number of rotatable bonds is 6. The summed E-state index contributed by atoms with van der Waals surface area (Å²) in [6.45, 7) is 1.89. The van der Waals surface area contributed by atoms with Gasteiger partial charge in [-0.1, -0.05) is 54.1 Å². The van der Waals surface area contributed by atoms with Crippen molar-refractivity contribution in [1.82, 2.24) is 0 Å². The number of hydrogen-bond acceptors (Lipinski definition) is 3. The molecule has 0 heterocycles. The highest BCUT2D eigenvalue weighted by Gasteiger charge is 2.15. The summed E-state index contributed by atoms with van der Waals surface area (Å²) < 4.78 is 0. The second kappa shape index (κ2) is 8.55. The number of ketones is 1. The molecule has 0 unspecified atom stereocenters. The van der Waals surface area contributed by atoms with Crippen molar-refractivity contribution in [1.29, 1.82) is 0 Å². The van der Waals surface area contributed by atoms with Gasteiger partial charge in [0.2, 0.25) is 0 Å². The van der Waals surface area contributed by atoms with Gasteiger partial charge in [0.1, 0.15) is 0 Å². The molecule has 3 aromatic carbocycles. The molecule has 0 aliphatic rings. The summed E-state index contributed by atoms with van der Waals surface area (Å²) >= 11 is 6.38. The molecule has 5 heteroatoms. The number of anilines is 2. The minimum Gasteiger partial charge on any atom is -0.478 e.